The number of aromatic nitrogens is 2. The molecule has 3 rings (SSSR count). The number of halogens is 1. The number of pyridine rings is 1. The predicted octanol–water partition coefficient (Wildman–Crippen LogP) is 2.04. The molecule has 0 bridgehead atoms. The van der Waals surface area contributed by atoms with Crippen molar-refractivity contribution in [3.8, 4) is 5.75 Å². The second-order valence-electron chi connectivity index (χ2n) is 3.95. The normalized spacial score (nSPS) is 14.8. The monoisotopic (exact) mass is 233 g/mol. The summed E-state index contributed by atoms with van der Waals surface area (Å²) in [6.45, 7) is 0.938. The third-order valence-corrected chi connectivity index (χ3v) is 2.97. The van der Waals surface area contributed by atoms with Crippen molar-refractivity contribution >= 4 is 16.6 Å². The molecule has 0 amide bonds. The molecule has 3 heterocycles. The molecule has 1 aliphatic heterocycles. The smallest absolute Gasteiger partial charge is 0.257 e. The number of fused-ring (bicyclic) bond motifs is 1. The van der Waals surface area contributed by atoms with Crippen LogP contribution in [0.1, 0.15) is 12.0 Å². The van der Waals surface area contributed by atoms with Crippen LogP contribution in [0.5, 0.6) is 5.75 Å². The minimum atomic E-state index is -0.591. The molecule has 0 saturated carbocycles. The first kappa shape index (κ1) is 10.1. The minimum Gasteiger partial charge on any atom is -0.492 e. The number of rotatable bonds is 2. The van der Waals surface area contributed by atoms with E-state index in [2.05, 4.69) is 15.3 Å². The number of methoxy groups -OCH3 is 1. The molecule has 0 unspecified atom stereocenters. The molecule has 0 aromatic carbocycles. The third-order valence-electron chi connectivity index (χ3n) is 2.97. The highest BCUT2D eigenvalue weighted by Crippen LogP contribution is 2.30. The Balaban J connectivity index is 2.20. The van der Waals surface area contributed by atoms with Crippen LogP contribution in [-0.4, -0.2) is 23.6 Å². The van der Waals surface area contributed by atoms with E-state index in [0.29, 0.717) is 5.65 Å². The van der Waals surface area contributed by atoms with E-state index in [-0.39, 0.29) is 5.75 Å². The molecule has 4 nitrogen and oxygen atoms in total. The first-order valence-corrected chi connectivity index (χ1v) is 5.44. The zero-order valence-corrected chi connectivity index (χ0v) is 9.38. The van der Waals surface area contributed by atoms with Crippen LogP contribution >= 0.6 is 0 Å². The average Bonchev–Trinajstić information content (AvgIpc) is 2.95. The lowest BCUT2D eigenvalue weighted by Gasteiger charge is -2.02. The van der Waals surface area contributed by atoms with E-state index in [0.717, 1.165) is 23.9 Å². The molecule has 0 spiro atoms. The summed E-state index contributed by atoms with van der Waals surface area (Å²) in [7, 11) is 1.44. The van der Waals surface area contributed by atoms with Gasteiger partial charge in [-0.05, 0) is 18.1 Å². The van der Waals surface area contributed by atoms with E-state index < -0.39 is 5.95 Å². The molecule has 1 aliphatic rings. The van der Waals surface area contributed by atoms with Crippen molar-refractivity contribution in [3.05, 3.63) is 30.0 Å². The van der Waals surface area contributed by atoms with Crippen LogP contribution < -0.4 is 10.1 Å². The van der Waals surface area contributed by atoms with Crippen LogP contribution in [0.3, 0.4) is 0 Å². The van der Waals surface area contributed by atoms with E-state index in [1.165, 1.54) is 12.7 Å². The number of H-pyrrole nitrogens is 1. The molecule has 5 heteroatoms. The van der Waals surface area contributed by atoms with Gasteiger partial charge in [0.05, 0.1) is 7.11 Å². The van der Waals surface area contributed by atoms with Gasteiger partial charge in [0.1, 0.15) is 5.65 Å². The van der Waals surface area contributed by atoms with Gasteiger partial charge in [0.25, 0.3) is 5.95 Å². The van der Waals surface area contributed by atoms with Crippen molar-refractivity contribution in [2.75, 3.05) is 13.7 Å². The van der Waals surface area contributed by atoms with Gasteiger partial charge in [0.15, 0.2) is 5.75 Å². The molecular weight excluding hydrogens is 221 g/mol. The molecular formula is C12H12FN3O. The van der Waals surface area contributed by atoms with Crippen molar-refractivity contribution in [2.45, 2.75) is 6.42 Å². The van der Waals surface area contributed by atoms with Crippen LogP contribution in [0.4, 0.5) is 4.39 Å². The number of ether oxygens (including phenoxy) is 1. The van der Waals surface area contributed by atoms with Crippen molar-refractivity contribution < 1.29 is 9.13 Å². The van der Waals surface area contributed by atoms with Crippen molar-refractivity contribution in [3.63, 3.8) is 0 Å². The van der Waals surface area contributed by atoms with Crippen LogP contribution in [0.15, 0.2) is 18.5 Å². The maximum absolute atomic E-state index is 13.4. The number of nitrogens with zero attached hydrogens (tertiary/aromatic N) is 1. The average molecular weight is 233 g/mol. The lowest BCUT2D eigenvalue weighted by molar-refractivity contribution is 0.379. The Morgan fingerprint density at radius 2 is 2.35 bits per heavy atom. The zero-order valence-electron chi connectivity index (χ0n) is 9.38. The summed E-state index contributed by atoms with van der Waals surface area (Å²) in [5, 5.41) is 4.05. The lowest BCUT2D eigenvalue weighted by atomic mass is 10.1. The summed E-state index contributed by atoms with van der Waals surface area (Å²) in [4.78, 5) is 6.83. The minimum absolute atomic E-state index is 0.171. The van der Waals surface area contributed by atoms with E-state index >= 15 is 0 Å². The van der Waals surface area contributed by atoms with Gasteiger partial charge in [-0.3, -0.25) is 0 Å². The van der Waals surface area contributed by atoms with Crippen LogP contribution in [-0.2, 0) is 0 Å². The first-order valence-electron chi connectivity index (χ1n) is 5.44. The fourth-order valence-electron chi connectivity index (χ4n) is 2.10. The highest BCUT2D eigenvalue weighted by atomic mass is 19.1. The van der Waals surface area contributed by atoms with Crippen molar-refractivity contribution in [2.24, 2.45) is 0 Å². The van der Waals surface area contributed by atoms with Gasteiger partial charge in [0.2, 0.25) is 0 Å². The zero-order chi connectivity index (χ0) is 11.8. The maximum atomic E-state index is 13.4. The van der Waals surface area contributed by atoms with Crippen LogP contribution in [0, 0.1) is 5.95 Å². The van der Waals surface area contributed by atoms with E-state index in [1.54, 1.807) is 6.07 Å². The summed E-state index contributed by atoms with van der Waals surface area (Å²) in [6, 6.07) is 1.68. The second kappa shape index (κ2) is 3.76. The maximum Gasteiger partial charge on any atom is 0.257 e. The fraction of sp³-hybridized carbons (Fsp3) is 0.250. The highest BCUT2D eigenvalue weighted by molar-refractivity contribution is 5.91. The Morgan fingerprint density at radius 3 is 3.06 bits per heavy atom. The SMILES string of the molecule is COc1cc2c(C3=CNCC3)c[nH]c2nc1F. The summed E-state index contributed by atoms with van der Waals surface area (Å²) >= 11 is 0. The number of hydrogen-bond acceptors (Lipinski definition) is 3. The van der Waals surface area contributed by atoms with E-state index in [1.807, 2.05) is 12.4 Å². The van der Waals surface area contributed by atoms with Gasteiger partial charge in [-0.25, -0.2) is 0 Å². The summed E-state index contributed by atoms with van der Waals surface area (Å²) in [5.74, 6) is -0.420. The highest BCUT2D eigenvalue weighted by Gasteiger charge is 2.15. The topological polar surface area (TPSA) is 49.9 Å². The first-order chi connectivity index (χ1) is 8.29. The van der Waals surface area contributed by atoms with Crippen LogP contribution in [0.2, 0.25) is 0 Å². The predicted molar refractivity (Wildman–Crippen MR) is 63.2 cm³/mol. The molecule has 17 heavy (non-hydrogen) atoms. The lowest BCUT2D eigenvalue weighted by Crippen LogP contribution is -1.96. The molecule has 0 saturated heterocycles. The number of aromatic amines is 1. The van der Waals surface area contributed by atoms with Gasteiger partial charge in [0, 0.05) is 29.9 Å². The molecule has 2 aromatic rings. The molecule has 0 atom stereocenters. The quantitative estimate of drug-likeness (QED) is 0.780. The van der Waals surface area contributed by atoms with E-state index in [4.69, 9.17) is 4.74 Å². The third kappa shape index (κ3) is 1.54. The standard InChI is InChI=1S/C12H12FN3O/c1-17-10-4-8-9(7-2-3-14-5-7)6-15-12(8)16-11(10)13/h4-6,14H,2-3H2,1H3,(H,15,16). The molecule has 2 aromatic heterocycles. The second-order valence-corrected chi connectivity index (χ2v) is 3.95. The van der Waals surface area contributed by atoms with Gasteiger partial charge in [-0.15, -0.1) is 0 Å². The Morgan fingerprint density at radius 1 is 1.47 bits per heavy atom. The Bertz CT molecular complexity index is 603. The molecule has 0 fully saturated rings. The van der Waals surface area contributed by atoms with Gasteiger partial charge in [-0.2, -0.15) is 9.37 Å². The molecule has 88 valence electrons. The molecule has 0 aliphatic carbocycles. The molecule has 2 N–H and O–H groups in total. The summed E-state index contributed by atoms with van der Waals surface area (Å²) < 4.78 is 18.4. The van der Waals surface area contributed by atoms with Gasteiger partial charge >= 0.3 is 0 Å². The van der Waals surface area contributed by atoms with Crippen molar-refractivity contribution in [1.29, 1.82) is 0 Å². The number of hydrogen-bond donors (Lipinski definition) is 2. The largest absolute Gasteiger partial charge is 0.492 e. The van der Waals surface area contributed by atoms with Crippen LogP contribution in [0.25, 0.3) is 16.6 Å². The fourth-order valence-corrected chi connectivity index (χ4v) is 2.10. The van der Waals surface area contributed by atoms with Gasteiger partial charge in [-0.1, -0.05) is 0 Å². The Labute approximate surface area is 97.5 Å². The summed E-state index contributed by atoms with van der Waals surface area (Å²) in [6.07, 6.45) is 4.81. The van der Waals surface area contributed by atoms with E-state index in [9.17, 15) is 4.39 Å². The Hall–Kier alpha value is -2.04. The molecule has 0 radical (unpaired) electrons. The Kier molecular flexibility index (Phi) is 2.24. The van der Waals surface area contributed by atoms with Gasteiger partial charge < -0.3 is 15.0 Å². The number of nitrogens with one attached hydrogen (secondary N) is 2. The van der Waals surface area contributed by atoms with Crippen molar-refractivity contribution in [1.82, 2.24) is 15.3 Å². The summed E-state index contributed by atoms with van der Waals surface area (Å²) in [5.41, 5.74) is 2.80.